The normalized spacial score (nSPS) is 26.6. The first-order valence-electron chi connectivity index (χ1n) is 11.5. The van der Waals surface area contributed by atoms with Gasteiger partial charge >= 0.3 is 0 Å². The van der Waals surface area contributed by atoms with E-state index in [4.69, 9.17) is 4.98 Å². The van der Waals surface area contributed by atoms with E-state index in [0.717, 1.165) is 6.04 Å². The van der Waals surface area contributed by atoms with Gasteiger partial charge in [-0.2, -0.15) is 0 Å². The minimum Gasteiger partial charge on any atom is -0.369 e. The summed E-state index contributed by atoms with van der Waals surface area (Å²) in [6.07, 6.45) is 13.2. The van der Waals surface area contributed by atoms with Crippen molar-refractivity contribution in [2.75, 3.05) is 50.1 Å². The van der Waals surface area contributed by atoms with E-state index < -0.39 is 0 Å². The van der Waals surface area contributed by atoms with E-state index in [1.165, 1.54) is 102 Å². The summed E-state index contributed by atoms with van der Waals surface area (Å²) < 4.78 is 0. The molecule has 3 heterocycles. The lowest BCUT2D eigenvalue weighted by molar-refractivity contribution is 0.381. The van der Waals surface area contributed by atoms with Crippen molar-refractivity contribution in [1.29, 1.82) is 0 Å². The van der Waals surface area contributed by atoms with Crippen LogP contribution in [0.2, 0.25) is 0 Å². The highest BCUT2D eigenvalue weighted by molar-refractivity contribution is 5.82. The van der Waals surface area contributed by atoms with Gasteiger partial charge in [-0.3, -0.25) is 4.98 Å². The number of fused-ring (bicyclic) bond motifs is 5. The van der Waals surface area contributed by atoms with Crippen LogP contribution in [0.4, 0.5) is 11.4 Å². The van der Waals surface area contributed by atoms with Gasteiger partial charge in [0.15, 0.2) is 0 Å². The quantitative estimate of drug-likeness (QED) is 0.802. The highest BCUT2D eigenvalue weighted by Crippen LogP contribution is 2.53. The minimum absolute atomic E-state index is 0.710. The first kappa shape index (κ1) is 17.8. The topological polar surface area (TPSA) is 22.6 Å². The largest absolute Gasteiger partial charge is 0.369 e. The molecule has 0 amide bonds. The van der Waals surface area contributed by atoms with Gasteiger partial charge in [0.05, 0.1) is 17.1 Å². The van der Waals surface area contributed by atoms with Crippen LogP contribution in [0.5, 0.6) is 0 Å². The summed E-state index contributed by atoms with van der Waals surface area (Å²) in [7, 11) is 4.39. The molecule has 2 aliphatic heterocycles. The minimum atomic E-state index is 0.710. The second-order valence-electron chi connectivity index (χ2n) is 9.48. The number of pyridine rings is 1. The molecule has 0 N–H and O–H groups in total. The molecule has 2 unspecified atom stereocenters. The number of anilines is 2. The van der Waals surface area contributed by atoms with Crippen molar-refractivity contribution in [1.82, 2.24) is 9.88 Å². The number of nitrogens with zero attached hydrogens (tertiary/aromatic N) is 4. The molecule has 0 bridgehead atoms. The average Bonchev–Trinajstić information content (AvgIpc) is 2.85. The highest BCUT2D eigenvalue weighted by atomic mass is 15.3. The van der Waals surface area contributed by atoms with Gasteiger partial charge in [-0.1, -0.05) is 12.8 Å². The summed E-state index contributed by atoms with van der Waals surface area (Å²) >= 11 is 0. The van der Waals surface area contributed by atoms with Gasteiger partial charge in [0, 0.05) is 37.3 Å². The molecule has 0 radical (unpaired) electrons. The molecule has 1 aromatic rings. The van der Waals surface area contributed by atoms with Gasteiger partial charge in [-0.25, -0.2) is 0 Å². The van der Waals surface area contributed by atoms with Gasteiger partial charge in [0.2, 0.25) is 0 Å². The van der Waals surface area contributed by atoms with E-state index in [-0.39, 0.29) is 0 Å². The van der Waals surface area contributed by atoms with Gasteiger partial charge < -0.3 is 14.7 Å². The fourth-order valence-electron chi connectivity index (χ4n) is 6.20. The van der Waals surface area contributed by atoms with Gasteiger partial charge in [-0.05, 0) is 77.6 Å². The monoisotopic (exact) mass is 368 g/mol. The summed E-state index contributed by atoms with van der Waals surface area (Å²) in [5.41, 5.74) is 7.78. The molecule has 1 aromatic heterocycles. The van der Waals surface area contributed by atoms with E-state index >= 15 is 0 Å². The molecule has 4 aliphatic rings. The number of aromatic nitrogens is 1. The predicted molar refractivity (Wildman–Crippen MR) is 113 cm³/mol. The summed E-state index contributed by atoms with van der Waals surface area (Å²) in [6, 6.07) is 0.741. The van der Waals surface area contributed by atoms with Crippen molar-refractivity contribution in [2.45, 2.75) is 76.2 Å². The van der Waals surface area contributed by atoms with Crippen molar-refractivity contribution in [3.63, 3.8) is 0 Å². The van der Waals surface area contributed by atoms with E-state index in [2.05, 4.69) is 28.8 Å². The van der Waals surface area contributed by atoms with Crippen LogP contribution in [0, 0.1) is 0 Å². The molecule has 0 aromatic carbocycles. The first-order chi connectivity index (χ1) is 13.2. The fraction of sp³-hybridized carbons (Fsp3) is 0.783. The lowest BCUT2D eigenvalue weighted by Gasteiger charge is -2.33. The second kappa shape index (κ2) is 7.27. The SMILES string of the molecule is CN(C)CCCN1CCCN2c3c(nc4c(c31)CCCC4)C1CCCCC12. The Hall–Kier alpha value is -1.29. The van der Waals surface area contributed by atoms with Crippen LogP contribution in [-0.4, -0.2) is 56.2 Å². The number of hydrogen-bond acceptors (Lipinski definition) is 4. The Balaban J connectivity index is 1.59. The molecule has 0 saturated heterocycles. The van der Waals surface area contributed by atoms with E-state index in [1.807, 2.05) is 0 Å². The Morgan fingerprint density at radius 2 is 1.81 bits per heavy atom. The maximum atomic E-state index is 5.38. The molecule has 5 rings (SSSR count). The van der Waals surface area contributed by atoms with Crippen LogP contribution in [0.15, 0.2) is 0 Å². The zero-order valence-corrected chi connectivity index (χ0v) is 17.3. The van der Waals surface area contributed by atoms with E-state index in [1.54, 1.807) is 16.9 Å². The molecule has 2 aliphatic carbocycles. The molecular weight excluding hydrogens is 332 g/mol. The van der Waals surface area contributed by atoms with Gasteiger partial charge in [0.25, 0.3) is 0 Å². The van der Waals surface area contributed by atoms with Crippen LogP contribution >= 0.6 is 0 Å². The summed E-state index contributed by atoms with van der Waals surface area (Å²) in [5.74, 6) is 0.710. The zero-order valence-electron chi connectivity index (χ0n) is 17.3. The van der Waals surface area contributed by atoms with Crippen molar-refractivity contribution < 1.29 is 0 Å². The van der Waals surface area contributed by atoms with Gasteiger partial charge in [0.1, 0.15) is 0 Å². The molecular formula is C23H36N4. The Morgan fingerprint density at radius 1 is 0.963 bits per heavy atom. The van der Waals surface area contributed by atoms with Crippen molar-refractivity contribution in [2.24, 2.45) is 0 Å². The molecule has 27 heavy (non-hydrogen) atoms. The molecule has 1 fully saturated rings. The maximum Gasteiger partial charge on any atom is 0.0832 e. The summed E-state index contributed by atoms with van der Waals surface area (Å²) in [6.45, 7) is 4.85. The Bertz CT molecular complexity index is 698. The summed E-state index contributed by atoms with van der Waals surface area (Å²) in [4.78, 5) is 13.3. The lowest BCUT2D eigenvalue weighted by Crippen LogP contribution is -2.36. The molecule has 1 saturated carbocycles. The first-order valence-corrected chi connectivity index (χ1v) is 11.5. The zero-order chi connectivity index (χ0) is 18.4. The van der Waals surface area contributed by atoms with Crippen molar-refractivity contribution in [3.8, 4) is 0 Å². The fourth-order valence-corrected chi connectivity index (χ4v) is 6.20. The van der Waals surface area contributed by atoms with Gasteiger partial charge in [-0.15, -0.1) is 0 Å². The third-order valence-corrected chi connectivity index (χ3v) is 7.39. The lowest BCUT2D eigenvalue weighted by atomic mass is 9.83. The Kier molecular flexibility index (Phi) is 4.79. The molecule has 2 atom stereocenters. The highest BCUT2D eigenvalue weighted by Gasteiger charge is 2.45. The van der Waals surface area contributed by atoms with Crippen LogP contribution in [0.25, 0.3) is 0 Å². The van der Waals surface area contributed by atoms with E-state index in [0.29, 0.717) is 5.92 Å². The molecule has 148 valence electrons. The third-order valence-electron chi connectivity index (χ3n) is 7.39. The predicted octanol–water partition coefficient (Wildman–Crippen LogP) is 3.97. The maximum absolute atomic E-state index is 5.38. The van der Waals surface area contributed by atoms with Crippen LogP contribution in [0.3, 0.4) is 0 Å². The average molecular weight is 369 g/mol. The van der Waals surface area contributed by atoms with Crippen molar-refractivity contribution in [3.05, 3.63) is 17.0 Å². The van der Waals surface area contributed by atoms with Crippen LogP contribution in [0.1, 0.15) is 74.2 Å². The Morgan fingerprint density at radius 3 is 2.70 bits per heavy atom. The third kappa shape index (κ3) is 3.04. The van der Waals surface area contributed by atoms with E-state index in [9.17, 15) is 0 Å². The molecule has 0 spiro atoms. The summed E-state index contributed by atoms with van der Waals surface area (Å²) in [5, 5.41) is 0. The molecule has 4 nitrogen and oxygen atoms in total. The standard InChI is InChI=1S/C23H36N4/c1-25(2)13-7-14-26-15-8-16-27-20-12-6-4-10-18(20)21-23(27)22(26)17-9-3-5-11-19(17)24-21/h18,20H,3-16H2,1-2H3. The number of aryl methyl sites for hydroxylation is 1. The molecule has 4 heteroatoms. The van der Waals surface area contributed by atoms with Crippen LogP contribution in [-0.2, 0) is 12.8 Å². The number of hydrogen-bond donors (Lipinski definition) is 0. The smallest absolute Gasteiger partial charge is 0.0832 e. The second-order valence-corrected chi connectivity index (χ2v) is 9.48. The number of rotatable bonds is 4. The Labute approximate surface area is 164 Å². The van der Waals surface area contributed by atoms with Crippen LogP contribution < -0.4 is 9.80 Å². The van der Waals surface area contributed by atoms with Crippen molar-refractivity contribution >= 4 is 11.4 Å².